The molecule has 2 atom stereocenters. The number of nitrogens with zero attached hydrogens (tertiary/aromatic N) is 1. The van der Waals surface area contributed by atoms with E-state index in [1.807, 2.05) is 12.1 Å². The zero-order chi connectivity index (χ0) is 18.8. The summed E-state index contributed by atoms with van der Waals surface area (Å²) in [5.41, 5.74) is 10.2. The lowest BCUT2D eigenvalue weighted by atomic mass is 9.95. The lowest BCUT2D eigenvalue weighted by molar-refractivity contribution is 0.102. The molecule has 0 aliphatic carbocycles. The number of halogens is 1. The summed E-state index contributed by atoms with van der Waals surface area (Å²) in [6, 6.07) is 11.7. The Morgan fingerprint density at radius 1 is 1.15 bits per heavy atom. The second-order valence-electron chi connectivity index (χ2n) is 7.22. The predicted molar refractivity (Wildman–Crippen MR) is 110 cm³/mol. The zero-order valence-corrected chi connectivity index (χ0v) is 16.3. The number of anilines is 3. The molecule has 0 saturated carbocycles. The van der Waals surface area contributed by atoms with Crippen molar-refractivity contribution in [2.75, 3.05) is 16.0 Å². The van der Waals surface area contributed by atoms with E-state index in [9.17, 15) is 4.79 Å². The fraction of sp³-hybridized carbons (Fsp3) is 0.381. The van der Waals surface area contributed by atoms with Crippen molar-refractivity contribution in [1.29, 1.82) is 0 Å². The van der Waals surface area contributed by atoms with Crippen LogP contribution in [-0.4, -0.2) is 18.0 Å². The first-order valence-corrected chi connectivity index (χ1v) is 9.50. The monoisotopic (exact) mass is 371 g/mol. The molecule has 0 aromatic heterocycles. The van der Waals surface area contributed by atoms with Crippen molar-refractivity contribution in [3.05, 3.63) is 52.5 Å². The summed E-state index contributed by atoms with van der Waals surface area (Å²) in [4.78, 5) is 15.0. The molecule has 1 fully saturated rings. The zero-order valence-electron chi connectivity index (χ0n) is 15.6. The number of hydrogen-bond donors (Lipinski definition) is 2. The van der Waals surface area contributed by atoms with E-state index in [2.05, 4.69) is 31.0 Å². The molecule has 0 spiro atoms. The van der Waals surface area contributed by atoms with Crippen LogP contribution in [0, 0.1) is 6.92 Å². The van der Waals surface area contributed by atoms with E-state index in [0.717, 1.165) is 11.3 Å². The number of hydrogen-bond acceptors (Lipinski definition) is 3. The molecule has 0 bridgehead atoms. The van der Waals surface area contributed by atoms with Gasteiger partial charge in [0.25, 0.3) is 5.91 Å². The minimum absolute atomic E-state index is 0.192. The van der Waals surface area contributed by atoms with Gasteiger partial charge in [-0.15, -0.1) is 0 Å². The van der Waals surface area contributed by atoms with Crippen molar-refractivity contribution >= 4 is 34.6 Å². The highest BCUT2D eigenvalue weighted by Gasteiger charge is 2.26. The summed E-state index contributed by atoms with van der Waals surface area (Å²) in [6.45, 7) is 6.60. The Kier molecular flexibility index (Phi) is 5.42. The van der Waals surface area contributed by atoms with E-state index >= 15 is 0 Å². The number of piperidine rings is 1. The Hall–Kier alpha value is -2.20. The van der Waals surface area contributed by atoms with Crippen LogP contribution in [0.25, 0.3) is 0 Å². The maximum Gasteiger partial charge on any atom is 0.255 e. The lowest BCUT2D eigenvalue weighted by Crippen LogP contribution is -2.44. The predicted octanol–water partition coefficient (Wildman–Crippen LogP) is 5.25. The Labute approximate surface area is 160 Å². The van der Waals surface area contributed by atoms with Crippen molar-refractivity contribution < 1.29 is 4.79 Å². The van der Waals surface area contributed by atoms with Crippen molar-refractivity contribution in [2.45, 2.75) is 52.1 Å². The molecule has 1 aliphatic heterocycles. The molecule has 138 valence electrons. The van der Waals surface area contributed by atoms with Crippen molar-refractivity contribution in [1.82, 2.24) is 0 Å². The lowest BCUT2D eigenvalue weighted by Gasteiger charge is -2.42. The van der Waals surface area contributed by atoms with Gasteiger partial charge in [0.15, 0.2) is 0 Å². The fourth-order valence-electron chi connectivity index (χ4n) is 3.80. The third kappa shape index (κ3) is 3.80. The second kappa shape index (κ2) is 7.58. The maximum absolute atomic E-state index is 12.6. The summed E-state index contributed by atoms with van der Waals surface area (Å²) < 4.78 is 0. The van der Waals surface area contributed by atoms with Gasteiger partial charge >= 0.3 is 0 Å². The average molecular weight is 372 g/mol. The molecular formula is C21H26ClN3O. The van der Waals surface area contributed by atoms with Crippen LogP contribution in [0.3, 0.4) is 0 Å². The van der Waals surface area contributed by atoms with Gasteiger partial charge in [0, 0.05) is 28.4 Å². The fourth-order valence-corrected chi connectivity index (χ4v) is 3.92. The molecule has 0 radical (unpaired) electrons. The van der Waals surface area contributed by atoms with Gasteiger partial charge in [0.2, 0.25) is 0 Å². The summed E-state index contributed by atoms with van der Waals surface area (Å²) in [6.07, 6.45) is 3.62. The van der Waals surface area contributed by atoms with Crippen molar-refractivity contribution in [2.24, 2.45) is 0 Å². The van der Waals surface area contributed by atoms with Gasteiger partial charge in [-0.25, -0.2) is 0 Å². The molecule has 1 aliphatic rings. The SMILES string of the molecule is Cc1cc(N)c(NC(=O)c2ccc(Cl)cc2)cc1N1[C@H](C)CCC[C@H]1C. The second-order valence-corrected chi connectivity index (χ2v) is 7.66. The number of benzene rings is 2. The molecular weight excluding hydrogens is 346 g/mol. The van der Waals surface area contributed by atoms with Gasteiger partial charge < -0.3 is 16.0 Å². The highest BCUT2D eigenvalue weighted by atomic mass is 35.5. The largest absolute Gasteiger partial charge is 0.397 e. The molecule has 2 aromatic rings. The molecule has 4 nitrogen and oxygen atoms in total. The normalized spacial score (nSPS) is 20.1. The molecule has 1 amide bonds. The number of nitrogens with two attached hydrogens (primary N) is 1. The molecule has 5 heteroatoms. The van der Waals surface area contributed by atoms with E-state index in [4.69, 9.17) is 17.3 Å². The quantitative estimate of drug-likeness (QED) is 0.724. The molecule has 0 unspecified atom stereocenters. The van der Waals surface area contributed by atoms with Crippen LogP contribution >= 0.6 is 11.6 Å². The number of carbonyl (C=O) groups is 1. The number of aryl methyl sites for hydroxylation is 1. The van der Waals surface area contributed by atoms with Crippen LogP contribution in [0.1, 0.15) is 49.0 Å². The smallest absolute Gasteiger partial charge is 0.255 e. The van der Waals surface area contributed by atoms with Crippen LogP contribution in [0.5, 0.6) is 0 Å². The van der Waals surface area contributed by atoms with Crippen molar-refractivity contribution in [3.8, 4) is 0 Å². The molecule has 1 heterocycles. The van der Waals surface area contributed by atoms with Gasteiger partial charge in [0.05, 0.1) is 11.4 Å². The summed E-state index contributed by atoms with van der Waals surface area (Å²) in [5.74, 6) is -0.192. The van der Waals surface area contributed by atoms with Gasteiger partial charge in [0.1, 0.15) is 0 Å². The minimum Gasteiger partial charge on any atom is -0.397 e. The molecule has 26 heavy (non-hydrogen) atoms. The molecule has 2 aromatic carbocycles. The highest BCUT2D eigenvalue weighted by Crippen LogP contribution is 2.36. The Morgan fingerprint density at radius 2 is 1.77 bits per heavy atom. The topological polar surface area (TPSA) is 58.4 Å². The third-order valence-electron chi connectivity index (χ3n) is 5.19. The number of amides is 1. The van der Waals surface area contributed by atoms with Gasteiger partial charge in [-0.2, -0.15) is 0 Å². The third-order valence-corrected chi connectivity index (χ3v) is 5.45. The first kappa shape index (κ1) is 18.6. The van der Waals surface area contributed by atoms with Gasteiger partial charge in [-0.05, 0) is 82.0 Å². The molecule has 3 rings (SSSR count). The average Bonchev–Trinajstić information content (AvgIpc) is 2.59. The van der Waals surface area contributed by atoms with E-state index in [1.54, 1.807) is 24.3 Å². The van der Waals surface area contributed by atoms with Crippen LogP contribution in [-0.2, 0) is 0 Å². The Balaban J connectivity index is 1.90. The molecule has 3 N–H and O–H groups in total. The standard InChI is InChI=1S/C21H26ClN3O/c1-13-11-18(23)19(24-21(26)16-7-9-17(22)10-8-16)12-20(13)25-14(2)5-4-6-15(25)3/h7-12,14-15H,4-6,23H2,1-3H3,(H,24,26)/t14-,15-/m1/s1. The van der Waals surface area contributed by atoms with Crippen molar-refractivity contribution in [3.63, 3.8) is 0 Å². The van der Waals surface area contributed by atoms with E-state index in [-0.39, 0.29) is 5.91 Å². The van der Waals surface area contributed by atoms with Gasteiger partial charge in [-0.3, -0.25) is 4.79 Å². The van der Waals surface area contributed by atoms with Gasteiger partial charge in [-0.1, -0.05) is 11.6 Å². The number of carbonyl (C=O) groups excluding carboxylic acids is 1. The summed E-state index contributed by atoms with van der Waals surface area (Å²) in [5, 5.41) is 3.55. The Morgan fingerprint density at radius 3 is 2.38 bits per heavy atom. The molecule has 1 saturated heterocycles. The van der Waals surface area contributed by atoms with E-state index in [0.29, 0.717) is 34.0 Å². The number of nitrogen functional groups attached to an aromatic ring is 1. The summed E-state index contributed by atoms with van der Waals surface area (Å²) >= 11 is 5.90. The van der Waals surface area contributed by atoms with Crippen LogP contribution in [0.2, 0.25) is 5.02 Å². The number of rotatable bonds is 3. The summed E-state index contributed by atoms with van der Waals surface area (Å²) in [7, 11) is 0. The maximum atomic E-state index is 12.6. The minimum atomic E-state index is -0.192. The van der Waals surface area contributed by atoms with Crippen LogP contribution in [0.15, 0.2) is 36.4 Å². The first-order chi connectivity index (χ1) is 12.4. The Bertz CT molecular complexity index is 794. The van der Waals surface area contributed by atoms with Crippen LogP contribution < -0.4 is 16.0 Å². The van der Waals surface area contributed by atoms with E-state index in [1.165, 1.54) is 19.3 Å². The van der Waals surface area contributed by atoms with E-state index < -0.39 is 0 Å². The first-order valence-electron chi connectivity index (χ1n) is 9.12. The number of nitrogens with one attached hydrogen (secondary N) is 1. The highest BCUT2D eigenvalue weighted by molar-refractivity contribution is 6.30. The van der Waals surface area contributed by atoms with Crippen LogP contribution in [0.4, 0.5) is 17.1 Å².